The van der Waals surface area contributed by atoms with Crippen LogP contribution in [-0.4, -0.2) is 10.8 Å². The molecule has 0 aliphatic heterocycles. The molecule has 2 aromatic rings. The van der Waals surface area contributed by atoms with Crippen LogP contribution in [-0.2, 0) is 0 Å². The van der Waals surface area contributed by atoms with E-state index in [1.165, 1.54) is 23.9 Å². The summed E-state index contributed by atoms with van der Waals surface area (Å²) in [5.41, 5.74) is 7.78. The molecule has 19 heavy (non-hydrogen) atoms. The second kappa shape index (κ2) is 5.40. The molecule has 0 fully saturated rings. The zero-order valence-corrected chi connectivity index (χ0v) is 11.5. The molecule has 98 valence electrons. The Morgan fingerprint density at radius 2 is 2.05 bits per heavy atom. The first-order chi connectivity index (χ1) is 8.97. The number of benzene rings is 1. The lowest BCUT2D eigenvalue weighted by atomic mass is 10.1. The van der Waals surface area contributed by atoms with Crippen LogP contribution >= 0.6 is 11.8 Å². The predicted octanol–water partition coefficient (Wildman–Crippen LogP) is 3.27. The zero-order chi connectivity index (χ0) is 14.0. The van der Waals surface area contributed by atoms with Crippen molar-refractivity contribution in [3.63, 3.8) is 0 Å². The van der Waals surface area contributed by atoms with Gasteiger partial charge in [-0.05, 0) is 38.1 Å². The minimum absolute atomic E-state index is 0.0242. The van der Waals surface area contributed by atoms with E-state index < -0.39 is 0 Å². The first-order valence-corrected chi connectivity index (χ1v) is 6.55. The zero-order valence-electron chi connectivity index (χ0n) is 10.7. The van der Waals surface area contributed by atoms with Crippen molar-refractivity contribution >= 4 is 17.6 Å². The lowest BCUT2D eigenvalue weighted by Gasteiger charge is -2.11. The predicted molar refractivity (Wildman–Crippen MR) is 75.3 cm³/mol. The molecule has 0 spiro atoms. The molecule has 0 saturated carbocycles. The van der Waals surface area contributed by atoms with E-state index in [2.05, 4.69) is 4.98 Å². The minimum Gasteiger partial charge on any atom is -0.384 e. The number of pyridine rings is 1. The number of rotatable bonds is 3. The molecule has 1 heterocycles. The van der Waals surface area contributed by atoms with Gasteiger partial charge in [0.25, 0.3) is 0 Å². The van der Waals surface area contributed by atoms with Gasteiger partial charge in [0.15, 0.2) is 0 Å². The van der Waals surface area contributed by atoms with Gasteiger partial charge >= 0.3 is 0 Å². The molecule has 3 nitrogen and oxygen atoms in total. The molecule has 0 aliphatic rings. The van der Waals surface area contributed by atoms with Crippen LogP contribution in [0.3, 0.4) is 0 Å². The molecule has 1 aromatic heterocycles. The third-order valence-corrected chi connectivity index (χ3v) is 3.62. The molecule has 2 rings (SSSR count). The van der Waals surface area contributed by atoms with Gasteiger partial charge in [0.2, 0.25) is 0 Å². The highest BCUT2D eigenvalue weighted by Gasteiger charge is 2.12. The van der Waals surface area contributed by atoms with E-state index >= 15 is 0 Å². The lowest BCUT2D eigenvalue weighted by molar-refractivity contribution is 0.624. The van der Waals surface area contributed by atoms with Gasteiger partial charge in [0.05, 0.1) is 5.56 Å². The number of nitrogens with zero attached hydrogens (tertiary/aromatic N) is 1. The number of aromatic nitrogens is 1. The molecule has 0 atom stereocenters. The fourth-order valence-electron chi connectivity index (χ4n) is 1.86. The number of halogens is 1. The number of hydrogen-bond acceptors (Lipinski definition) is 3. The van der Waals surface area contributed by atoms with Gasteiger partial charge in [-0.2, -0.15) is 0 Å². The van der Waals surface area contributed by atoms with E-state index in [-0.39, 0.29) is 11.7 Å². The third kappa shape index (κ3) is 3.12. The molecular weight excluding hydrogens is 261 g/mol. The van der Waals surface area contributed by atoms with Gasteiger partial charge in [-0.15, -0.1) is 0 Å². The number of nitrogen functional groups attached to an aromatic ring is 1. The molecule has 0 radical (unpaired) electrons. The van der Waals surface area contributed by atoms with E-state index in [1.54, 1.807) is 6.07 Å². The topological polar surface area (TPSA) is 62.8 Å². The van der Waals surface area contributed by atoms with Crippen molar-refractivity contribution in [1.82, 2.24) is 4.98 Å². The number of nitrogens with two attached hydrogens (primary N) is 1. The molecule has 0 unspecified atom stereocenters. The summed E-state index contributed by atoms with van der Waals surface area (Å²) in [6.45, 7) is 3.70. The summed E-state index contributed by atoms with van der Waals surface area (Å²) in [5, 5.41) is 7.65. The van der Waals surface area contributed by atoms with E-state index in [0.29, 0.717) is 11.3 Å². The summed E-state index contributed by atoms with van der Waals surface area (Å²) in [4.78, 5) is 5.90. The van der Waals surface area contributed by atoms with Gasteiger partial charge in [-0.3, -0.25) is 10.4 Å². The second-order valence-electron chi connectivity index (χ2n) is 4.20. The van der Waals surface area contributed by atoms with Gasteiger partial charge in [0.1, 0.15) is 11.7 Å². The Morgan fingerprint density at radius 1 is 1.32 bits per heavy atom. The SMILES string of the molecule is Cc1cc(Sc2cccc(F)c2)c(C(=N)N)c(C)n1. The fourth-order valence-corrected chi connectivity index (χ4v) is 3.02. The van der Waals surface area contributed by atoms with Crippen molar-refractivity contribution < 1.29 is 4.39 Å². The average molecular weight is 275 g/mol. The maximum atomic E-state index is 13.2. The maximum Gasteiger partial charge on any atom is 0.125 e. The quantitative estimate of drug-likeness (QED) is 0.667. The van der Waals surface area contributed by atoms with Gasteiger partial charge < -0.3 is 5.73 Å². The van der Waals surface area contributed by atoms with Crippen LogP contribution in [0.25, 0.3) is 0 Å². The summed E-state index contributed by atoms with van der Waals surface area (Å²) in [6, 6.07) is 8.20. The largest absolute Gasteiger partial charge is 0.384 e. The third-order valence-electron chi connectivity index (χ3n) is 2.59. The molecule has 0 aliphatic carbocycles. The highest BCUT2D eigenvalue weighted by Crippen LogP contribution is 2.32. The molecule has 0 amide bonds. The highest BCUT2D eigenvalue weighted by atomic mass is 32.2. The summed E-state index contributed by atoms with van der Waals surface area (Å²) >= 11 is 1.38. The minimum atomic E-state index is -0.281. The molecular formula is C14H14FN3S. The first kappa shape index (κ1) is 13.5. The summed E-state index contributed by atoms with van der Waals surface area (Å²) in [6.07, 6.45) is 0. The normalized spacial score (nSPS) is 10.5. The Balaban J connectivity index is 2.47. The van der Waals surface area contributed by atoms with Crippen LogP contribution in [0.2, 0.25) is 0 Å². The van der Waals surface area contributed by atoms with Crippen LogP contribution in [0.15, 0.2) is 40.1 Å². The lowest BCUT2D eigenvalue weighted by Crippen LogP contribution is -2.15. The van der Waals surface area contributed by atoms with Crippen LogP contribution in [0.1, 0.15) is 17.0 Å². The number of aryl methyl sites for hydroxylation is 2. The van der Waals surface area contributed by atoms with Crippen LogP contribution in [0.4, 0.5) is 4.39 Å². The molecule has 5 heteroatoms. The van der Waals surface area contributed by atoms with Crippen molar-refractivity contribution in [3.8, 4) is 0 Å². The molecule has 1 aromatic carbocycles. The van der Waals surface area contributed by atoms with Crippen LogP contribution < -0.4 is 5.73 Å². The van der Waals surface area contributed by atoms with Crippen molar-refractivity contribution in [3.05, 3.63) is 53.1 Å². The standard InChI is InChI=1S/C14H14FN3S/c1-8-6-12(13(14(16)17)9(2)18-8)19-11-5-3-4-10(15)7-11/h3-7H,1-2H3,(H3,16,17). The fraction of sp³-hybridized carbons (Fsp3) is 0.143. The van der Waals surface area contributed by atoms with E-state index in [1.807, 2.05) is 26.0 Å². The smallest absolute Gasteiger partial charge is 0.125 e. The van der Waals surface area contributed by atoms with Crippen molar-refractivity contribution in [2.75, 3.05) is 0 Å². The van der Waals surface area contributed by atoms with Gasteiger partial charge in [-0.1, -0.05) is 17.8 Å². The van der Waals surface area contributed by atoms with Crippen LogP contribution in [0.5, 0.6) is 0 Å². The summed E-state index contributed by atoms with van der Waals surface area (Å²) in [5.74, 6) is -0.305. The Labute approximate surface area is 115 Å². The monoisotopic (exact) mass is 275 g/mol. The number of amidine groups is 1. The average Bonchev–Trinajstić information content (AvgIpc) is 2.26. The maximum absolute atomic E-state index is 13.2. The number of nitrogens with one attached hydrogen (secondary N) is 1. The van der Waals surface area contributed by atoms with E-state index in [9.17, 15) is 4.39 Å². The van der Waals surface area contributed by atoms with Crippen molar-refractivity contribution in [2.45, 2.75) is 23.6 Å². The van der Waals surface area contributed by atoms with Crippen LogP contribution in [0, 0.1) is 25.1 Å². The molecule has 3 N–H and O–H groups in total. The van der Waals surface area contributed by atoms with E-state index in [4.69, 9.17) is 11.1 Å². The molecule has 0 bridgehead atoms. The molecule has 0 saturated heterocycles. The summed E-state index contributed by atoms with van der Waals surface area (Å²) in [7, 11) is 0. The Hall–Kier alpha value is -1.88. The van der Waals surface area contributed by atoms with Gasteiger partial charge in [-0.25, -0.2) is 4.39 Å². The Bertz CT molecular complexity index is 641. The second-order valence-corrected chi connectivity index (χ2v) is 5.31. The van der Waals surface area contributed by atoms with Gasteiger partial charge in [0, 0.05) is 21.2 Å². The Kier molecular flexibility index (Phi) is 3.85. The first-order valence-electron chi connectivity index (χ1n) is 5.73. The van der Waals surface area contributed by atoms with E-state index in [0.717, 1.165) is 15.5 Å². The number of hydrogen-bond donors (Lipinski definition) is 2. The Morgan fingerprint density at radius 3 is 2.68 bits per heavy atom. The summed E-state index contributed by atoms with van der Waals surface area (Å²) < 4.78 is 13.2. The van der Waals surface area contributed by atoms with Crippen molar-refractivity contribution in [2.24, 2.45) is 5.73 Å². The van der Waals surface area contributed by atoms with Crippen molar-refractivity contribution in [1.29, 1.82) is 5.41 Å². The highest BCUT2D eigenvalue weighted by molar-refractivity contribution is 7.99.